The Labute approximate surface area is 224 Å². The van der Waals surface area contributed by atoms with Crippen LogP contribution in [0.3, 0.4) is 0 Å². The number of carbonyl (C=O) groups is 1. The molecule has 2 N–H and O–H groups in total. The standard InChI is InChI=1S/C31H35N5O2/c1-36(2)30-27-10-6-7-11-28(27)34-31(35-30)33-24-16-12-23(13-17-24)21-32-29(37)20-22-14-18-26(19-15-22)38-25-8-4-3-5-9-25/h3-11,14-15,18-19,23-24H,12-13,16-17,20-21H2,1-2H3,(H,32,37)(H,33,34,35)/t23-,24+. The highest BCUT2D eigenvalue weighted by molar-refractivity contribution is 5.90. The molecule has 1 aliphatic carbocycles. The van der Waals surface area contributed by atoms with Crippen molar-refractivity contribution in [2.45, 2.75) is 38.1 Å². The molecule has 1 fully saturated rings. The molecule has 1 aliphatic rings. The third-order valence-corrected chi connectivity index (χ3v) is 7.04. The van der Waals surface area contributed by atoms with Gasteiger partial charge in [0.05, 0.1) is 11.9 Å². The number of nitrogens with one attached hydrogen (secondary N) is 2. The monoisotopic (exact) mass is 509 g/mol. The van der Waals surface area contributed by atoms with E-state index in [9.17, 15) is 4.79 Å². The zero-order chi connectivity index (χ0) is 26.3. The van der Waals surface area contributed by atoms with E-state index in [2.05, 4.69) is 16.7 Å². The van der Waals surface area contributed by atoms with Gasteiger partial charge in [0.1, 0.15) is 17.3 Å². The molecule has 0 saturated heterocycles. The summed E-state index contributed by atoms with van der Waals surface area (Å²) in [6.07, 6.45) is 4.58. The van der Waals surface area contributed by atoms with E-state index < -0.39 is 0 Å². The zero-order valence-corrected chi connectivity index (χ0v) is 22.1. The molecule has 4 aromatic rings. The van der Waals surface area contributed by atoms with Gasteiger partial charge in [0.15, 0.2) is 0 Å². The number of fused-ring (bicyclic) bond motifs is 1. The lowest BCUT2D eigenvalue weighted by Crippen LogP contribution is -2.34. The summed E-state index contributed by atoms with van der Waals surface area (Å²) < 4.78 is 5.83. The van der Waals surface area contributed by atoms with Crippen molar-refractivity contribution < 1.29 is 9.53 Å². The Bertz CT molecular complexity index is 1350. The Balaban J connectivity index is 1.06. The Morgan fingerprint density at radius 1 is 0.868 bits per heavy atom. The van der Waals surface area contributed by atoms with Gasteiger partial charge in [-0.2, -0.15) is 4.98 Å². The van der Waals surface area contributed by atoms with E-state index in [0.29, 0.717) is 24.3 Å². The summed E-state index contributed by atoms with van der Waals surface area (Å²) in [5.41, 5.74) is 1.92. The second-order valence-corrected chi connectivity index (χ2v) is 10.2. The molecule has 0 radical (unpaired) electrons. The molecule has 0 aliphatic heterocycles. The second kappa shape index (κ2) is 11.9. The average Bonchev–Trinajstić information content (AvgIpc) is 2.94. The highest BCUT2D eigenvalue weighted by atomic mass is 16.5. The molecule has 0 spiro atoms. The van der Waals surface area contributed by atoms with Crippen molar-refractivity contribution in [2.24, 2.45) is 5.92 Å². The summed E-state index contributed by atoms with van der Waals surface area (Å²) in [6.45, 7) is 0.720. The number of hydrogen-bond donors (Lipinski definition) is 2. The van der Waals surface area contributed by atoms with Gasteiger partial charge in [0.2, 0.25) is 11.9 Å². The normalized spacial score (nSPS) is 17.1. The van der Waals surface area contributed by atoms with Gasteiger partial charge in [-0.25, -0.2) is 4.98 Å². The number of rotatable bonds is 9. The van der Waals surface area contributed by atoms with Crippen molar-refractivity contribution in [3.05, 3.63) is 84.4 Å². The molecular formula is C31H35N5O2. The van der Waals surface area contributed by atoms with Crippen LogP contribution >= 0.6 is 0 Å². The molecule has 196 valence electrons. The van der Waals surface area contributed by atoms with Crippen LogP contribution in [0.2, 0.25) is 0 Å². The number of aromatic nitrogens is 2. The second-order valence-electron chi connectivity index (χ2n) is 10.2. The minimum Gasteiger partial charge on any atom is -0.457 e. The van der Waals surface area contributed by atoms with E-state index in [1.807, 2.05) is 91.8 Å². The van der Waals surface area contributed by atoms with E-state index in [1.165, 1.54) is 0 Å². The quantitative estimate of drug-likeness (QED) is 0.296. The maximum atomic E-state index is 12.6. The Hall–Kier alpha value is -4.13. The molecule has 1 aromatic heterocycles. The fourth-order valence-corrected chi connectivity index (χ4v) is 4.96. The summed E-state index contributed by atoms with van der Waals surface area (Å²) in [6, 6.07) is 25.8. The number of anilines is 2. The van der Waals surface area contributed by atoms with Gasteiger partial charge in [-0.1, -0.05) is 42.5 Å². The summed E-state index contributed by atoms with van der Waals surface area (Å²) in [5, 5.41) is 7.75. The van der Waals surface area contributed by atoms with Crippen LogP contribution in [-0.4, -0.2) is 42.6 Å². The van der Waals surface area contributed by atoms with Crippen molar-refractivity contribution in [3.8, 4) is 11.5 Å². The van der Waals surface area contributed by atoms with Crippen LogP contribution in [0.15, 0.2) is 78.9 Å². The summed E-state index contributed by atoms with van der Waals surface area (Å²) in [5.74, 6) is 3.72. The number of benzene rings is 3. The van der Waals surface area contributed by atoms with Gasteiger partial charge in [-0.3, -0.25) is 4.79 Å². The Morgan fingerprint density at radius 2 is 1.55 bits per heavy atom. The zero-order valence-electron chi connectivity index (χ0n) is 22.1. The van der Waals surface area contributed by atoms with E-state index >= 15 is 0 Å². The number of nitrogens with zero attached hydrogens (tertiary/aromatic N) is 3. The van der Waals surface area contributed by atoms with E-state index in [0.717, 1.165) is 66.0 Å². The SMILES string of the molecule is CN(C)c1nc(N[C@H]2CC[C@@H](CNC(=O)Cc3ccc(Oc4ccccc4)cc3)CC2)nc2ccccc12. The maximum Gasteiger partial charge on any atom is 0.225 e. The van der Waals surface area contributed by atoms with Crippen LogP contribution in [0.25, 0.3) is 10.9 Å². The summed E-state index contributed by atoms with van der Waals surface area (Å²) in [7, 11) is 4.01. The fourth-order valence-electron chi connectivity index (χ4n) is 4.96. The molecule has 0 unspecified atom stereocenters. The van der Waals surface area contributed by atoms with Gasteiger partial charge in [0.25, 0.3) is 0 Å². The molecule has 3 aromatic carbocycles. The molecule has 0 bridgehead atoms. The van der Waals surface area contributed by atoms with Crippen LogP contribution in [0.4, 0.5) is 11.8 Å². The largest absolute Gasteiger partial charge is 0.457 e. The molecular weight excluding hydrogens is 474 g/mol. The van der Waals surface area contributed by atoms with Crippen molar-refractivity contribution in [1.82, 2.24) is 15.3 Å². The number of hydrogen-bond acceptors (Lipinski definition) is 6. The van der Waals surface area contributed by atoms with Crippen LogP contribution in [0, 0.1) is 5.92 Å². The van der Waals surface area contributed by atoms with E-state index in [-0.39, 0.29) is 5.91 Å². The molecule has 7 heteroatoms. The van der Waals surface area contributed by atoms with Crippen molar-refractivity contribution in [3.63, 3.8) is 0 Å². The van der Waals surface area contributed by atoms with Crippen molar-refractivity contribution >= 4 is 28.6 Å². The van der Waals surface area contributed by atoms with Crippen LogP contribution < -0.4 is 20.3 Å². The van der Waals surface area contributed by atoms with Gasteiger partial charge in [0, 0.05) is 32.1 Å². The van der Waals surface area contributed by atoms with Crippen molar-refractivity contribution in [1.29, 1.82) is 0 Å². The molecule has 1 amide bonds. The lowest BCUT2D eigenvalue weighted by molar-refractivity contribution is -0.120. The predicted octanol–water partition coefficient (Wildman–Crippen LogP) is 5.82. The number of ether oxygens (including phenoxy) is 1. The van der Waals surface area contributed by atoms with Gasteiger partial charge in [-0.05, 0) is 73.6 Å². The van der Waals surface area contributed by atoms with Crippen molar-refractivity contribution in [2.75, 3.05) is 30.9 Å². The van der Waals surface area contributed by atoms with Gasteiger partial charge < -0.3 is 20.3 Å². The van der Waals surface area contributed by atoms with Crippen LogP contribution in [-0.2, 0) is 11.2 Å². The molecule has 1 heterocycles. The van der Waals surface area contributed by atoms with E-state index in [4.69, 9.17) is 14.7 Å². The third kappa shape index (κ3) is 6.59. The van der Waals surface area contributed by atoms with Crippen LogP contribution in [0.5, 0.6) is 11.5 Å². The number of amides is 1. The summed E-state index contributed by atoms with van der Waals surface area (Å²) in [4.78, 5) is 24.1. The Kier molecular flexibility index (Phi) is 8.02. The minimum absolute atomic E-state index is 0.0581. The summed E-state index contributed by atoms with van der Waals surface area (Å²) >= 11 is 0. The number of para-hydroxylation sites is 2. The first-order chi connectivity index (χ1) is 18.5. The molecule has 0 atom stereocenters. The first-order valence-electron chi connectivity index (χ1n) is 13.3. The minimum atomic E-state index is 0.0581. The molecule has 38 heavy (non-hydrogen) atoms. The average molecular weight is 510 g/mol. The van der Waals surface area contributed by atoms with Gasteiger partial charge >= 0.3 is 0 Å². The number of carbonyl (C=O) groups excluding carboxylic acids is 1. The Morgan fingerprint density at radius 3 is 2.29 bits per heavy atom. The van der Waals surface area contributed by atoms with Gasteiger partial charge in [-0.15, -0.1) is 0 Å². The first kappa shape index (κ1) is 25.5. The third-order valence-electron chi connectivity index (χ3n) is 7.04. The lowest BCUT2D eigenvalue weighted by Gasteiger charge is -2.29. The predicted molar refractivity (Wildman–Crippen MR) is 153 cm³/mol. The molecule has 5 rings (SSSR count). The highest BCUT2D eigenvalue weighted by Crippen LogP contribution is 2.28. The van der Waals surface area contributed by atoms with E-state index in [1.54, 1.807) is 0 Å². The maximum absolute atomic E-state index is 12.6. The molecule has 1 saturated carbocycles. The lowest BCUT2D eigenvalue weighted by atomic mass is 9.86. The van der Waals surface area contributed by atoms with Crippen LogP contribution in [0.1, 0.15) is 31.2 Å². The molecule has 7 nitrogen and oxygen atoms in total. The highest BCUT2D eigenvalue weighted by Gasteiger charge is 2.23. The smallest absolute Gasteiger partial charge is 0.225 e. The first-order valence-corrected chi connectivity index (χ1v) is 13.3. The topological polar surface area (TPSA) is 79.4 Å². The fraction of sp³-hybridized carbons (Fsp3) is 0.323.